The zero-order valence-electron chi connectivity index (χ0n) is 27.5. The number of benzene rings is 8. The summed E-state index contributed by atoms with van der Waals surface area (Å²) in [5, 5.41) is 6.72. The van der Waals surface area contributed by atoms with Gasteiger partial charge in [-0.05, 0) is 86.3 Å². The van der Waals surface area contributed by atoms with E-state index in [4.69, 9.17) is 19.4 Å². The van der Waals surface area contributed by atoms with E-state index < -0.39 is 0 Å². The predicted octanol–water partition coefficient (Wildman–Crippen LogP) is 12.4. The molecule has 2 aromatic heterocycles. The first-order valence-electron chi connectivity index (χ1n) is 17.1. The van der Waals surface area contributed by atoms with E-state index in [0.717, 1.165) is 71.3 Å². The molecule has 4 heteroatoms. The number of hydrogen-bond acceptors (Lipinski definition) is 4. The fourth-order valence-electron chi connectivity index (χ4n) is 7.03. The van der Waals surface area contributed by atoms with E-state index in [-0.39, 0.29) is 0 Å². The summed E-state index contributed by atoms with van der Waals surface area (Å²) in [6, 6.07) is 61.2. The van der Waals surface area contributed by atoms with Crippen LogP contribution in [0.4, 0.5) is 0 Å². The average Bonchev–Trinajstić information content (AvgIpc) is 3.57. The Bertz CT molecular complexity index is 2910. The van der Waals surface area contributed by atoms with E-state index in [0.29, 0.717) is 17.5 Å². The largest absolute Gasteiger partial charge is 0.456 e. The van der Waals surface area contributed by atoms with Crippen molar-refractivity contribution in [1.82, 2.24) is 15.0 Å². The molecule has 0 aliphatic carbocycles. The maximum atomic E-state index is 6.23. The molecule has 8 aromatic carbocycles. The average molecular weight is 652 g/mol. The van der Waals surface area contributed by atoms with Crippen LogP contribution in [0.5, 0.6) is 0 Å². The lowest BCUT2D eigenvalue weighted by atomic mass is 9.99. The van der Waals surface area contributed by atoms with Crippen LogP contribution in [0.25, 0.3) is 99.9 Å². The van der Waals surface area contributed by atoms with Crippen molar-refractivity contribution in [3.63, 3.8) is 0 Å². The van der Waals surface area contributed by atoms with Crippen molar-refractivity contribution in [3.8, 4) is 56.4 Å². The molecule has 0 bridgehead atoms. The maximum Gasteiger partial charge on any atom is 0.164 e. The Labute approximate surface area is 294 Å². The highest BCUT2D eigenvalue weighted by molar-refractivity contribution is 6.10. The van der Waals surface area contributed by atoms with Crippen molar-refractivity contribution < 1.29 is 4.42 Å². The van der Waals surface area contributed by atoms with Crippen molar-refractivity contribution in [2.24, 2.45) is 0 Å². The van der Waals surface area contributed by atoms with Crippen molar-refractivity contribution in [2.45, 2.75) is 0 Å². The summed E-state index contributed by atoms with van der Waals surface area (Å²) in [6.07, 6.45) is 0. The summed E-state index contributed by atoms with van der Waals surface area (Å²) in [7, 11) is 0. The molecule has 0 N–H and O–H groups in total. The highest BCUT2D eigenvalue weighted by Gasteiger charge is 2.15. The molecule has 0 aliphatic heterocycles. The molecule has 0 saturated carbocycles. The van der Waals surface area contributed by atoms with Gasteiger partial charge in [0.25, 0.3) is 0 Å². The third kappa shape index (κ3) is 5.31. The van der Waals surface area contributed by atoms with E-state index >= 15 is 0 Å². The molecule has 0 radical (unpaired) electrons. The lowest BCUT2D eigenvalue weighted by molar-refractivity contribution is 0.669. The molecule has 0 fully saturated rings. The van der Waals surface area contributed by atoms with Gasteiger partial charge in [-0.25, -0.2) is 15.0 Å². The summed E-state index contributed by atoms with van der Waals surface area (Å²) in [4.78, 5) is 15.3. The third-order valence-electron chi connectivity index (χ3n) is 9.66. The van der Waals surface area contributed by atoms with Crippen LogP contribution in [0, 0.1) is 0 Å². The number of para-hydroxylation sites is 1. The number of rotatable bonds is 5. The van der Waals surface area contributed by atoms with Gasteiger partial charge < -0.3 is 4.42 Å². The zero-order valence-corrected chi connectivity index (χ0v) is 27.5. The van der Waals surface area contributed by atoms with Gasteiger partial charge in [0.15, 0.2) is 17.5 Å². The van der Waals surface area contributed by atoms with Crippen LogP contribution in [0.3, 0.4) is 0 Å². The second-order valence-electron chi connectivity index (χ2n) is 12.9. The quantitative estimate of drug-likeness (QED) is 0.186. The van der Waals surface area contributed by atoms with Gasteiger partial charge in [-0.1, -0.05) is 133 Å². The second kappa shape index (κ2) is 11.9. The topological polar surface area (TPSA) is 51.8 Å². The van der Waals surface area contributed by atoms with Crippen LogP contribution in [0.1, 0.15) is 0 Å². The van der Waals surface area contributed by atoms with Crippen molar-refractivity contribution in [2.75, 3.05) is 0 Å². The molecule has 51 heavy (non-hydrogen) atoms. The van der Waals surface area contributed by atoms with Crippen molar-refractivity contribution in [3.05, 3.63) is 176 Å². The Kier molecular flexibility index (Phi) is 6.78. The SMILES string of the molecule is c1ccc(-c2cccc(-c3nc(-c4ccc5cc(-c6ccccc6)ccc5c4)nc(-c4ccc5cc6c(cc5c4)oc4ccccc46)n3)c2)cc1. The van der Waals surface area contributed by atoms with Gasteiger partial charge in [-0.3, -0.25) is 0 Å². The van der Waals surface area contributed by atoms with Crippen LogP contribution in [-0.2, 0) is 0 Å². The summed E-state index contributed by atoms with van der Waals surface area (Å²) >= 11 is 0. The molecule has 0 atom stereocenters. The number of fused-ring (bicyclic) bond motifs is 5. The number of furan rings is 1. The van der Waals surface area contributed by atoms with Gasteiger partial charge in [0, 0.05) is 27.5 Å². The van der Waals surface area contributed by atoms with Crippen molar-refractivity contribution >= 4 is 43.5 Å². The number of nitrogens with zero attached hydrogens (tertiary/aromatic N) is 3. The first-order valence-corrected chi connectivity index (χ1v) is 17.1. The Morgan fingerprint density at radius 3 is 1.41 bits per heavy atom. The molecule has 0 spiro atoms. The number of hydrogen-bond donors (Lipinski definition) is 0. The second-order valence-corrected chi connectivity index (χ2v) is 12.9. The summed E-state index contributed by atoms with van der Waals surface area (Å²) in [6.45, 7) is 0. The summed E-state index contributed by atoms with van der Waals surface area (Å²) < 4.78 is 6.23. The molecule has 0 unspecified atom stereocenters. The predicted molar refractivity (Wildman–Crippen MR) is 209 cm³/mol. The van der Waals surface area contributed by atoms with Gasteiger partial charge in [0.05, 0.1) is 0 Å². The van der Waals surface area contributed by atoms with Gasteiger partial charge in [-0.2, -0.15) is 0 Å². The minimum atomic E-state index is 0.617. The molecule has 10 rings (SSSR count). The molecular weight excluding hydrogens is 623 g/mol. The smallest absolute Gasteiger partial charge is 0.164 e. The van der Waals surface area contributed by atoms with E-state index in [1.807, 2.05) is 30.3 Å². The van der Waals surface area contributed by atoms with Crippen LogP contribution in [0.15, 0.2) is 180 Å². The third-order valence-corrected chi connectivity index (χ3v) is 9.66. The summed E-state index contributed by atoms with van der Waals surface area (Å²) in [5.41, 5.74) is 9.17. The Hall–Kier alpha value is -6.91. The molecular formula is C47H29N3O. The monoisotopic (exact) mass is 651 g/mol. The molecule has 0 amide bonds. The lowest BCUT2D eigenvalue weighted by Gasteiger charge is -2.11. The minimum absolute atomic E-state index is 0.617. The van der Waals surface area contributed by atoms with Gasteiger partial charge in [0.1, 0.15) is 11.2 Å². The maximum absolute atomic E-state index is 6.23. The molecule has 0 aliphatic rings. The fourth-order valence-corrected chi connectivity index (χ4v) is 7.03. The molecule has 10 aromatic rings. The van der Waals surface area contributed by atoms with Crippen LogP contribution in [0.2, 0.25) is 0 Å². The first kappa shape index (κ1) is 29.0. The van der Waals surface area contributed by atoms with Gasteiger partial charge >= 0.3 is 0 Å². The molecule has 4 nitrogen and oxygen atoms in total. The lowest BCUT2D eigenvalue weighted by Crippen LogP contribution is -2.00. The highest BCUT2D eigenvalue weighted by atomic mass is 16.3. The van der Waals surface area contributed by atoms with E-state index in [1.165, 1.54) is 11.1 Å². The first-order chi connectivity index (χ1) is 25.2. The van der Waals surface area contributed by atoms with Crippen molar-refractivity contribution in [1.29, 1.82) is 0 Å². The molecule has 2 heterocycles. The molecule has 238 valence electrons. The van der Waals surface area contributed by atoms with Crippen LogP contribution < -0.4 is 0 Å². The van der Waals surface area contributed by atoms with E-state index in [2.05, 4.69) is 146 Å². The molecule has 0 saturated heterocycles. The standard InChI is InChI=1S/C47H29N3O/c1-3-10-30(11-4-1)32-14-9-15-37(25-32)45-48-46(38-22-20-34-24-33(18-19-35(34)26-38)31-12-5-2-6-13-31)50-47(49-45)39-23-21-36-28-42-41-16-7-8-17-43(41)51-44(42)29-40(36)27-39/h1-29H. The van der Waals surface area contributed by atoms with Crippen LogP contribution >= 0.6 is 0 Å². The highest BCUT2D eigenvalue weighted by Crippen LogP contribution is 2.35. The Morgan fingerprint density at radius 1 is 0.275 bits per heavy atom. The van der Waals surface area contributed by atoms with Gasteiger partial charge in [0.2, 0.25) is 0 Å². The number of aromatic nitrogens is 3. The fraction of sp³-hybridized carbons (Fsp3) is 0. The van der Waals surface area contributed by atoms with Gasteiger partial charge in [-0.15, -0.1) is 0 Å². The minimum Gasteiger partial charge on any atom is -0.456 e. The van der Waals surface area contributed by atoms with E-state index in [1.54, 1.807) is 0 Å². The van der Waals surface area contributed by atoms with Crippen LogP contribution in [-0.4, -0.2) is 15.0 Å². The van der Waals surface area contributed by atoms with E-state index in [9.17, 15) is 0 Å². The Balaban J connectivity index is 1.12. The summed E-state index contributed by atoms with van der Waals surface area (Å²) in [5.74, 6) is 1.87. The normalized spacial score (nSPS) is 11.5. The Morgan fingerprint density at radius 2 is 0.745 bits per heavy atom. The zero-order chi connectivity index (χ0) is 33.7.